The summed E-state index contributed by atoms with van der Waals surface area (Å²) in [6, 6.07) is 10.5. The summed E-state index contributed by atoms with van der Waals surface area (Å²) in [4.78, 5) is 56.2. The number of carbonyl (C=O) groups excluding carboxylic acids is 4. The van der Waals surface area contributed by atoms with Crippen molar-refractivity contribution in [3.8, 4) is 11.5 Å². The van der Waals surface area contributed by atoms with Gasteiger partial charge in [0.15, 0.2) is 21.2 Å². The smallest absolute Gasteiger partial charge is 0.253 e. The Morgan fingerprint density at radius 2 is 1.64 bits per heavy atom. The normalized spacial score (nSPS) is 32.8. The Morgan fingerprint density at radius 3 is 2.31 bits per heavy atom. The molecule has 0 radical (unpaired) electrons. The number of rotatable bonds is 4. The Hall–Kier alpha value is -3.12. The van der Waals surface area contributed by atoms with Crippen LogP contribution in [0.2, 0.25) is 0 Å². The molecule has 1 N–H and O–H groups in total. The van der Waals surface area contributed by atoms with Crippen LogP contribution in [0.1, 0.15) is 24.3 Å². The fourth-order valence-corrected chi connectivity index (χ4v) is 9.40. The molecule has 3 heterocycles. The van der Waals surface area contributed by atoms with Crippen molar-refractivity contribution in [3.05, 3.63) is 58.1 Å². The summed E-state index contributed by atoms with van der Waals surface area (Å²) in [5.41, 5.74) is 2.57. The first-order valence-electron chi connectivity index (χ1n) is 14.7. The molecule has 0 unspecified atom stereocenters. The zero-order chi connectivity index (χ0) is 32.0. The number of hydrogen-bond acceptors (Lipinski definition) is 8. The third-order valence-electron chi connectivity index (χ3n) is 10.1. The van der Waals surface area contributed by atoms with Gasteiger partial charge in [-0.15, -0.1) is 23.2 Å². The number of imide groups is 2. The van der Waals surface area contributed by atoms with Crippen LogP contribution in [0.3, 0.4) is 0 Å². The predicted octanol–water partition coefficient (Wildman–Crippen LogP) is 4.19. The van der Waals surface area contributed by atoms with Gasteiger partial charge in [-0.1, -0.05) is 11.6 Å². The molecule has 4 fully saturated rings. The number of morpholine rings is 1. The fraction of sp³-hybridized carbons (Fsp3) is 0.438. The Morgan fingerprint density at radius 1 is 0.978 bits per heavy atom. The lowest BCUT2D eigenvalue weighted by Crippen LogP contribution is -2.60. The molecule has 13 heteroatoms. The Bertz CT molecular complexity index is 1680. The fourth-order valence-electron chi connectivity index (χ4n) is 7.92. The number of anilines is 2. The third kappa shape index (κ3) is 4.16. The molecule has 10 nitrogen and oxygen atoms in total. The summed E-state index contributed by atoms with van der Waals surface area (Å²) >= 11 is 17.9. The van der Waals surface area contributed by atoms with E-state index in [0.717, 1.165) is 23.7 Å². The van der Waals surface area contributed by atoms with E-state index < -0.39 is 45.2 Å². The summed E-state index contributed by atoms with van der Waals surface area (Å²) in [5, 5.41) is 10.5. The molecular weight excluding hydrogens is 689 g/mol. The second kappa shape index (κ2) is 10.7. The zero-order valence-electron chi connectivity index (χ0n) is 24.5. The maximum atomic E-state index is 14.3. The van der Waals surface area contributed by atoms with Crippen LogP contribution < -0.4 is 14.5 Å². The summed E-state index contributed by atoms with van der Waals surface area (Å²) < 4.78 is 11.1. The van der Waals surface area contributed by atoms with Gasteiger partial charge in [-0.3, -0.25) is 29.0 Å². The van der Waals surface area contributed by atoms with Crippen molar-refractivity contribution in [2.24, 2.45) is 17.8 Å². The van der Waals surface area contributed by atoms with Gasteiger partial charge >= 0.3 is 0 Å². The van der Waals surface area contributed by atoms with Gasteiger partial charge in [0.1, 0.15) is 0 Å². The van der Waals surface area contributed by atoms with Crippen molar-refractivity contribution in [1.82, 2.24) is 4.90 Å². The van der Waals surface area contributed by atoms with E-state index in [0.29, 0.717) is 30.0 Å². The minimum Gasteiger partial charge on any atom is -0.503 e. The number of nitrogens with zero attached hydrogens (tertiary/aromatic N) is 3. The maximum absolute atomic E-state index is 14.3. The number of aromatic hydroxyl groups is 1. The molecule has 4 amide bonds. The average Bonchev–Trinajstić information content (AvgIpc) is 3.37. The molecular formula is C32H30BrCl2N3O7. The van der Waals surface area contributed by atoms with E-state index in [-0.39, 0.29) is 40.6 Å². The molecule has 7 rings (SSSR count). The highest BCUT2D eigenvalue weighted by molar-refractivity contribution is 9.10. The number of hydrogen-bond donors (Lipinski definition) is 1. The summed E-state index contributed by atoms with van der Waals surface area (Å²) in [7, 11) is 2.74. The molecule has 236 valence electrons. The van der Waals surface area contributed by atoms with E-state index in [2.05, 4.69) is 20.8 Å². The van der Waals surface area contributed by atoms with Crippen molar-refractivity contribution in [2.45, 2.75) is 28.5 Å². The lowest BCUT2D eigenvalue weighted by molar-refractivity contribution is -0.138. The number of carbonyl (C=O) groups is 4. The molecule has 3 aliphatic heterocycles. The highest BCUT2D eigenvalue weighted by Crippen LogP contribution is 2.65. The third-order valence-corrected chi connectivity index (χ3v) is 12.1. The number of methoxy groups -OCH3 is 1. The van der Waals surface area contributed by atoms with Gasteiger partial charge in [-0.2, -0.15) is 0 Å². The standard InChI is InChI=1S/C32H30BrCl2N3O7/c1-36-29(42)31(34)15-21-19(25(32(31,35)30(36)43)16-13-22(33)26(39)23(14-16)44-2)7-8-20-24(21)28(41)38(27(20)40)18-5-3-17(4-6-18)37-9-11-45-12-10-37/h3-7,13-14,20-21,24-25,39H,8-12,15H2,1-2H3/t20-,21+,24-,25-,31+,32-/m0/s1. The monoisotopic (exact) mass is 717 g/mol. The summed E-state index contributed by atoms with van der Waals surface area (Å²) in [5.74, 6) is -5.14. The number of likely N-dealkylation sites (tertiary alicyclic amines) is 1. The molecule has 2 aromatic rings. The number of fused-ring (bicyclic) bond motifs is 4. The SMILES string of the molecule is COc1cc([C@H]2C3=CC[C@@H]4C(=O)N(c5ccc(N6CCOCC6)cc5)C(=O)[C@@H]4[C@@H]3C[C@@]3(Cl)C(=O)N(C)C(=O)[C@@]23Cl)cc(Br)c1O. The molecule has 2 aliphatic carbocycles. The number of phenolic OH excluding ortho intramolecular Hbond substituents is 1. The van der Waals surface area contributed by atoms with Crippen LogP contribution in [-0.4, -0.2) is 83.8 Å². The van der Waals surface area contributed by atoms with Crippen molar-refractivity contribution >= 4 is 74.1 Å². The largest absolute Gasteiger partial charge is 0.503 e. The van der Waals surface area contributed by atoms with Crippen LogP contribution >= 0.6 is 39.1 Å². The number of amides is 4. The first kappa shape index (κ1) is 30.5. The highest BCUT2D eigenvalue weighted by atomic mass is 79.9. The van der Waals surface area contributed by atoms with Crippen LogP contribution in [0, 0.1) is 17.8 Å². The number of halogens is 3. The number of benzene rings is 2. The van der Waals surface area contributed by atoms with E-state index >= 15 is 0 Å². The van der Waals surface area contributed by atoms with E-state index in [4.69, 9.17) is 32.7 Å². The molecule has 0 bridgehead atoms. The van der Waals surface area contributed by atoms with E-state index in [1.165, 1.54) is 19.1 Å². The maximum Gasteiger partial charge on any atom is 0.253 e. The second-order valence-electron chi connectivity index (χ2n) is 12.2. The van der Waals surface area contributed by atoms with Gasteiger partial charge < -0.3 is 19.5 Å². The van der Waals surface area contributed by atoms with Crippen molar-refractivity contribution < 1.29 is 33.8 Å². The molecule has 0 spiro atoms. The van der Waals surface area contributed by atoms with Crippen LogP contribution in [0.15, 0.2) is 52.5 Å². The van der Waals surface area contributed by atoms with Crippen LogP contribution in [-0.2, 0) is 23.9 Å². The molecule has 1 saturated carbocycles. The molecule has 3 saturated heterocycles. The molecule has 2 aromatic carbocycles. The average molecular weight is 719 g/mol. The first-order chi connectivity index (χ1) is 21.4. The van der Waals surface area contributed by atoms with Gasteiger partial charge in [0.05, 0.1) is 42.3 Å². The molecule has 45 heavy (non-hydrogen) atoms. The highest BCUT2D eigenvalue weighted by Gasteiger charge is 2.76. The van der Waals surface area contributed by atoms with Gasteiger partial charge in [0.2, 0.25) is 11.8 Å². The van der Waals surface area contributed by atoms with Gasteiger partial charge in [0.25, 0.3) is 11.8 Å². The summed E-state index contributed by atoms with van der Waals surface area (Å²) in [6.45, 7) is 2.78. The van der Waals surface area contributed by atoms with Gasteiger partial charge in [0, 0.05) is 31.7 Å². The molecule has 0 aromatic heterocycles. The van der Waals surface area contributed by atoms with Crippen molar-refractivity contribution in [3.63, 3.8) is 0 Å². The Labute approximate surface area is 277 Å². The summed E-state index contributed by atoms with van der Waals surface area (Å²) in [6.07, 6.45) is 2.02. The number of alkyl halides is 2. The lowest BCUT2D eigenvalue weighted by Gasteiger charge is -2.50. The predicted molar refractivity (Wildman–Crippen MR) is 170 cm³/mol. The topological polar surface area (TPSA) is 117 Å². The van der Waals surface area contributed by atoms with Crippen molar-refractivity contribution in [1.29, 1.82) is 0 Å². The molecule has 5 aliphatic rings. The minimum atomic E-state index is -1.93. The van der Waals surface area contributed by atoms with Crippen LogP contribution in [0.25, 0.3) is 0 Å². The van der Waals surface area contributed by atoms with E-state index in [1.807, 2.05) is 18.2 Å². The second-order valence-corrected chi connectivity index (χ2v) is 14.3. The first-order valence-corrected chi connectivity index (χ1v) is 16.3. The number of ether oxygens (including phenoxy) is 2. The van der Waals surface area contributed by atoms with Crippen LogP contribution in [0.4, 0.5) is 11.4 Å². The van der Waals surface area contributed by atoms with Crippen molar-refractivity contribution in [2.75, 3.05) is 50.3 Å². The lowest BCUT2D eigenvalue weighted by atomic mass is 9.56. The quantitative estimate of drug-likeness (QED) is 0.284. The number of phenols is 1. The van der Waals surface area contributed by atoms with E-state index in [1.54, 1.807) is 24.3 Å². The minimum absolute atomic E-state index is 0.102. The van der Waals surface area contributed by atoms with E-state index in [9.17, 15) is 24.3 Å². The zero-order valence-corrected chi connectivity index (χ0v) is 27.6. The number of allylic oxidation sites excluding steroid dienone is 2. The van der Waals surface area contributed by atoms with Gasteiger partial charge in [-0.25, -0.2) is 0 Å². The van der Waals surface area contributed by atoms with Gasteiger partial charge in [-0.05, 0) is 76.7 Å². The Balaban J connectivity index is 1.31. The molecule has 6 atom stereocenters. The Kier molecular flexibility index (Phi) is 7.27. The van der Waals surface area contributed by atoms with Crippen LogP contribution in [0.5, 0.6) is 11.5 Å².